The first-order valence-corrected chi connectivity index (χ1v) is 35.5. The van der Waals surface area contributed by atoms with E-state index in [1.165, 1.54) is 78.0 Å². The van der Waals surface area contributed by atoms with Crippen LogP contribution in [0.2, 0.25) is 0 Å². The number of nitrogens with one attached hydrogen (secondary N) is 4. The summed E-state index contributed by atoms with van der Waals surface area (Å²) >= 11 is 0. The van der Waals surface area contributed by atoms with E-state index in [2.05, 4.69) is 21.3 Å². The van der Waals surface area contributed by atoms with Crippen LogP contribution in [0.5, 0.6) is 0 Å². The third-order valence-corrected chi connectivity index (χ3v) is 22.1. The first kappa shape index (κ1) is 82.8. The van der Waals surface area contributed by atoms with E-state index in [1.54, 1.807) is 32.9 Å². The minimum Gasteiger partial charge on any atom is -0.347 e. The van der Waals surface area contributed by atoms with E-state index in [-0.39, 0.29) is 77.2 Å². The number of nitrogens with zero attached hydrogens (tertiary/aromatic N) is 8. The Hall–Kier alpha value is -7.18. The highest BCUT2D eigenvalue weighted by atomic mass is 19.4. The zero-order valence-electron chi connectivity index (χ0n) is 60.4. The maximum absolute atomic E-state index is 15.2. The molecule has 0 aromatic rings. The van der Waals surface area contributed by atoms with Gasteiger partial charge >= 0.3 is 12.4 Å². The number of fused-ring (bicyclic) bond motifs is 2. The molecule has 4 aliphatic carbocycles. The molecule has 0 radical (unpaired) electrons. The molecule has 2 bridgehead atoms. The fourth-order valence-corrected chi connectivity index (χ4v) is 15.3. The molecular weight excluding hydrogens is 1340 g/mol. The quantitative estimate of drug-likeness (QED) is 0.162. The standard InChI is InChI=1S/C69H106F8N12O12/c1-13-39(3)56-64(99)84(8)38-54(92)86(10)49-23-16-15-19-32-89(63(49)98)51(35-41-24-27-44(28-25-41)68(72,73)74)62(97)83(7)37-52(90)79-47(29-26-42-33-45(70)55(46(71)34-42)69(75,76)77)59(94)78-40(4)58(93)81-67(30-20-31-67)66(101)88(12)57(43-21-17-18-22-43)65(100)87(11)50(61(96)82(5)6)36-53(91)85(9)48(14-2)60(95)80-56/h15-16,39-51,55-57H,13-14,17-38H2,1-12H3,(H,78,94)(H,79,90)(H,80,95)(H,81,93)/b16-15-/t39-,40-,41?,42?,44?,45?,46?,47-,48-,49-,50-,51-,55?,56-,57-/m0/s1. The van der Waals surface area contributed by atoms with E-state index in [4.69, 9.17) is 0 Å². The van der Waals surface area contributed by atoms with Gasteiger partial charge in [-0.25, -0.2) is 8.78 Å². The molecule has 4 N–H and O–H groups in total. The van der Waals surface area contributed by atoms with Crippen molar-refractivity contribution >= 4 is 70.9 Å². The number of amides is 12. The van der Waals surface area contributed by atoms with Gasteiger partial charge in [0.2, 0.25) is 70.9 Å². The molecule has 101 heavy (non-hydrogen) atoms. The Kier molecular flexibility index (Phi) is 29.0. The maximum atomic E-state index is 15.2. The summed E-state index contributed by atoms with van der Waals surface area (Å²) in [4.78, 5) is 185. The van der Waals surface area contributed by atoms with Crippen molar-refractivity contribution in [3.8, 4) is 0 Å². The number of likely N-dealkylation sites (N-methyl/N-ethyl adjacent to an activating group) is 7. The molecule has 2 aliphatic heterocycles. The van der Waals surface area contributed by atoms with Gasteiger partial charge < -0.3 is 60.5 Å². The van der Waals surface area contributed by atoms with Gasteiger partial charge in [-0.2, -0.15) is 26.3 Å². The molecule has 0 aromatic heterocycles. The van der Waals surface area contributed by atoms with Gasteiger partial charge in [0.15, 0.2) is 0 Å². The van der Waals surface area contributed by atoms with Gasteiger partial charge in [0.05, 0.1) is 25.4 Å². The van der Waals surface area contributed by atoms with Crippen LogP contribution in [0.25, 0.3) is 0 Å². The lowest BCUT2D eigenvalue weighted by Gasteiger charge is -2.46. The number of hydrogen-bond acceptors (Lipinski definition) is 12. The van der Waals surface area contributed by atoms with Crippen LogP contribution < -0.4 is 21.3 Å². The van der Waals surface area contributed by atoms with Crippen LogP contribution in [0.1, 0.15) is 163 Å². The predicted octanol–water partition coefficient (Wildman–Crippen LogP) is 5.21. The molecule has 2 unspecified atom stereocenters. The van der Waals surface area contributed by atoms with Gasteiger partial charge in [-0.1, -0.05) is 52.2 Å². The topological polar surface area (TPSA) is 279 Å². The highest BCUT2D eigenvalue weighted by Crippen LogP contribution is 2.45. The Morgan fingerprint density at radius 3 is 1.79 bits per heavy atom. The van der Waals surface area contributed by atoms with Crippen LogP contribution in [-0.4, -0.2) is 265 Å². The Morgan fingerprint density at radius 2 is 1.25 bits per heavy atom. The van der Waals surface area contributed by atoms with E-state index in [1.807, 2.05) is 0 Å². The smallest absolute Gasteiger partial charge is 0.347 e. The third kappa shape index (κ3) is 20.4. The summed E-state index contributed by atoms with van der Waals surface area (Å²) in [5.41, 5.74) is -1.66. The predicted molar refractivity (Wildman–Crippen MR) is 354 cm³/mol. The van der Waals surface area contributed by atoms with Crippen molar-refractivity contribution in [3.63, 3.8) is 0 Å². The lowest BCUT2D eigenvalue weighted by molar-refractivity contribution is -0.219. The first-order chi connectivity index (χ1) is 47.2. The van der Waals surface area contributed by atoms with Gasteiger partial charge in [0.25, 0.3) is 0 Å². The monoisotopic (exact) mass is 1450 g/mol. The second-order valence-electron chi connectivity index (χ2n) is 29.3. The molecule has 6 aliphatic rings. The summed E-state index contributed by atoms with van der Waals surface area (Å²) < 4.78 is 114. The number of hydrogen-bond donors (Lipinski definition) is 4. The molecule has 1 saturated heterocycles. The summed E-state index contributed by atoms with van der Waals surface area (Å²) in [6.07, 6.45) is -12.1. The van der Waals surface area contributed by atoms with Crippen molar-refractivity contribution in [1.82, 2.24) is 60.5 Å². The SMILES string of the molecule is CC[C@H](C)[C@@H]1NC(=O)[C@H](CC)N(C)C(=O)C[C@@H](C(=O)N(C)C)N(C)C(=O)[C@H](C2CCCC2)N(C)C(=O)C2(CCC2)NC(=O)[C@H](C)NC(=O)[C@H](CCC2CC(F)C(C(F)(F)F)C(F)C2)NC(=O)CN(C)C(=O)[C@H](CC2CCC(C(F)(F)F)CC2)N2CC/C=C\C[C@@H](C2=O)N(C)C(=O)CN(C)C1=O. The second-order valence-corrected chi connectivity index (χ2v) is 29.3. The molecule has 5 fully saturated rings. The largest absolute Gasteiger partial charge is 0.397 e. The Morgan fingerprint density at radius 1 is 0.644 bits per heavy atom. The zero-order chi connectivity index (χ0) is 75.5. The number of carbonyl (C=O) groups excluding carboxylic acids is 12. The maximum Gasteiger partial charge on any atom is 0.397 e. The number of carbonyl (C=O) groups is 12. The molecule has 6 rings (SSSR count). The minimum atomic E-state index is -5.20. The fraction of sp³-hybridized carbons (Fsp3) is 0.797. The van der Waals surface area contributed by atoms with Crippen LogP contribution in [-0.2, 0) is 57.5 Å². The van der Waals surface area contributed by atoms with Gasteiger partial charge in [-0.15, -0.1) is 0 Å². The molecular formula is C69H106F8N12O12. The fourth-order valence-electron chi connectivity index (χ4n) is 15.3. The van der Waals surface area contributed by atoms with Crippen molar-refractivity contribution < 1.29 is 92.7 Å². The van der Waals surface area contributed by atoms with Crippen LogP contribution in [0, 0.1) is 35.5 Å². The summed E-state index contributed by atoms with van der Waals surface area (Å²) in [5.74, 6) is -17.0. The minimum absolute atomic E-state index is 0.000305. The third-order valence-electron chi connectivity index (χ3n) is 22.1. The van der Waals surface area contributed by atoms with Crippen molar-refractivity contribution in [2.24, 2.45) is 35.5 Å². The summed E-state index contributed by atoms with van der Waals surface area (Å²) in [7, 11) is 10.7. The zero-order valence-corrected chi connectivity index (χ0v) is 60.4. The lowest BCUT2D eigenvalue weighted by Crippen LogP contribution is -2.68. The van der Waals surface area contributed by atoms with E-state index < -0.39 is 224 Å². The summed E-state index contributed by atoms with van der Waals surface area (Å²) in [6, 6.07) is -11.4. The van der Waals surface area contributed by atoms with Crippen molar-refractivity contribution in [2.75, 3.05) is 76.0 Å². The normalized spacial score (nSPS) is 31.9. The number of alkyl halides is 8. The van der Waals surface area contributed by atoms with E-state index in [0.717, 1.165) is 24.5 Å². The summed E-state index contributed by atoms with van der Waals surface area (Å²) in [5, 5.41) is 10.6. The molecule has 570 valence electrons. The van der Waals surface area contributed by atoms with E-state index in [9.17, 15) is 64.7 Å². The van der Waals surface area contributed by atoms with Gasteiger partial charge in [-0.05, 0) is 140 Å². The lowest BCUT2D eigenvalue weighted by atomic mass is 9.74. The molecule has 24 nitrogen and oxygen atoms in total. The molecule has 2 heterocycles. The van der Waals surface area contributed by atoms with Crippen molar-refractivity contribution in [1.29, 1.82) is 0 Å². The Bertz CT molecular complexity index is 3000. The highest BCUT2D eigenvalue weighted by molar-refractivity contribution is 6.01. The first-order valence-electron chi connectivity index (χ1n) is 35.5. The van der Waals surface area contributed by atoms with Gasteiger partial charge in [-0.3, -0.25) is 57.5 Å². The van der Waals surface area contributed by atoms with E-state index in [0.29, 0.717) is 38.5 Å². The molecule has 4 saturated carbocycles. The summed E-state index contributed by atoms with van der Waals surface area (Å²) in [6.45, 7) is 4.65. The molecule has 12 amide bonds. The Balaban J connectivity index is 1.41. The highest BCUT2D eigenvalue weighted by Gasteiger charge is 2.55. The molecule has 1 spiro atoms. The Labute approximate surface area is 586 Å². The van der Waals surface area contributed by atoms with Gasteiger partial charge in [0.1, 0.15) is 72.1 Å². The van der Waals surface area contributed by atoms with Crippen LogP contribution in [0.15, 0.2) is 12.2 Å². The molecule has 0 aromatic carbocycles. The molecule has 32 heteroatoms. The van der Waals surface area contributed by atoms with E-state index >= 15 is 28.0 Å². The second kappa shape index (κ2) is 35.3. The average Bonchev–Trinajstić information content (AvgIpc) is 1.74. The van der Waals surface area contributed by atoms with Crippen LogP contribution in [0.3, 0.4) is 0 Å². The van der Waals surface area contributed by atoms with Crippen molar-refractivity contribution in [3.05, 3.63) is 12.2 Å². The number of rotatable bonds is 10. The molecule has 11 atom stereocenters. The average molecular weight is 1450 g/mol. The number of halogens is 8. The van der Waals surface area contributed by atoms with Crippen LogP contribution in [0.4, 0.5) is 35.1 Å². The van der Waals surface area contributed by atoms with Crippen LogP contribution >= 0.6 is 0 Å². The van der Waals surface area contributed by atoms with Crippen molar-refractivity contribution in [2.45, 2.75) is 241 Å². The van der Waals surface area contributed by atoms with Gasteiger partial charge in [0, 0.05) is 62.9 Å².